The number of sulfonamides is 1. The number of halogens is 1. The summed E-state index contributed by atoms with van der Waals surface area (Å²) in [5.74, 6) is 0.0996. The Labute approximate surface area is 135 Å². The van der Waals surface area contributed by atoms with Crippen LogP contribution in [0.2, 0.25) is 0 Å². The highest BCUT2D eigenvalue weighted by Crippen LogP contribution is 2.37. The summed E-state index contributed by atoms with van der Waals surface area (Å²) in [5, 5.41) is 0.864. The van der Waals surface area contributed by atoms with E-state index in [4.69, 9.17) is 0 Å². The van der Waals surface area contributed by atoms with E-state index in [1.165, 1.54) is 19.3 Å². The molecule has 0 saturated heterocycles. The van der Waals surface area contributed by atoms with Crippen LogP contribution in [0, 0.1) is 5.41 Å². The average molecular weight is 375 g/mol. The molecule has 118 valence electrons. The number of nitrogens with one attached hydrogen (secondary N) is 1. The summed E-state index contributed by atoms with van der Waals surface area (Å²) in [5.41, 5.74) is 0.909. The number of aryl methyl sites for hydroxylation is 1. The zero-order valence-electron chi connectivity index (χ0n) is 12.2. The first-order chi connectivity index (χ1) is 10.1. The van der Waals surface area contributed by atoms with Crippen molar-refractivity contribution in [3.8, 4) is 0 Å². The van der Waals surface area contributed by atoms with Gasteiger partial charge < -0.3 is 0 Å². The molecule has 6 heteroatoms. The van der Waals surface area contributed by atoms with E-state index in [0.717, 1.165) is 23.9 Å². The maximum absolute atomic E-state index is 12.2. The Bertz CT molecular complexity index is 528. The van der Waals surface area contributed by atoms with Crippen LogP contribution in [0.25, 0.3) is 0 Å². The highest BCUT2D eigenvalue weighted by atomic mass is 79.9. The molecular formula is C15H23BrN2O2S. The van der Waals surface area contributed by atoms with E-state index < -0.39 is 10.0 Å². The first-order valence-electron chi connectivity index (χ1n) is 7.49. The van der Waals surface area contributed by atoms with Crippen LogP contribution in [0.1, 0.15) is 37.8 Å². The topological polar surface area (TPSA) is 59.1 Å². The van der Waals surface area contributed by atoms with Crippen molar-refractivity contribution >= 4 is 26.0 Å². The van der Waals surface area contributed by atoms with Crippen molar-refractivity contribution in [3.63, 3.8) is 0 Å². The normalized spacial score (nSPS) is 18.5. The molecule has 0 unspecified atom stereocenters. The number of rotatable bonds is 7. The van der Waals surface area contributed by atoms with Gasteiger partial charge in [-0.25, -0.2) is 13.1 Å². The zero-order valence-corrected chi connectivity index (χ0v) is 14.6. The van der Waals surface area contributed by atoms with Gasteiger partial charge in [-0.1, -0.05) is 41.3 Å². The Morgan fingerprint density at radius 2 is 2.00 bits per heavy atom. The van der Waals surface area contributed by atoms with E-state index >= 15 is 0 Å². The molecule has 4 nitrogen and oxygen atoms in total. The van der Waals surface area contributed by atoms with Crippen LogP contribution >= 0.6 is 15.9 Å². The lowest BCUT2D eigenvalue weighted by Gasteiger charge is -2.35. The molecule has 1 N–H and O–H groups in total. The first kappa shape index (κ1) is 16.9. The standard InChI is InChI=1S/C15H23BrN2O2S/c16-12-15(8-3-1-4-9-15)13-18-21(19,20)11-7-14-6-2-5-10-17-14/h2,5-6,10,18H,1,3-4,7-9,11-13H2. The molecule has 1 aromatic heterocycles. The lowest BCUT2D eigenvalue weighted by atomic mass is 9.76. The Kier molecular flexibility index (Phi) is 6.20. The SMILES string of the molecule is O=S(=O)(CCc1ccccn1)NCC1(CBr)CCCCC1. The van der Waals surface area contributed by atoms with Gasteiger partial charge in [0.1, 0.15) is 0 Å². The maximum atomic E-state index is 12.2. The molecule has 0 atom stereocenters. The molecule has 0 radical (unpaired) electrons. The Morgan fingerprint density at radius 3 is 2.62 bits per heavy atom. The molecule has 2 rings (SSSR count). The summed E-state index contributed by atoms with van der Waals surface area (Å²) in [6.07, 6.45) is 8.00. The summed E-state index contributed by atoms with van der Waals surface area (Å²) >= 11 is 3.57. The molecule has 1 fully saturated rings. The molecule has 1 aliphatic carbocycles. The van der Waals surface area contributed by atoms with Crippen molar-refractivity contribution in [1.29, 1.82) is 0 Å². The summed E-state index contributed by atoms with van der Waals surface area (Å²) in [7, 11) is -3.24. The van der Waals surface area contributed by atoms with Gasteiger partial charge >= 0.3 is 0 Å². The van der Waals surface area contributed by atoms with Gasteiger partial charge in [-0.05, 0) is 30.4 Å². The third kappa shape index (κ3) is 5.34. The summed E-state index contributed by atoms with van der Waals surface area (Å²) < 4.78 is 27.1. The quantitative estimate of drug-likeness (QED) is 0.746. The van der Waals surface area contributed by atoms with Crippen LogP contribution < -0.4 is 4.72 Å². The summed E-state index contributed by atoms with van der Waals surface area (Å²) in [6.45, 7) is 0.544. The minimum absolute atomic E-state index is 0.0936. The maximum Gasteiger partial charge on any atom is 0.211 e. The summed E-state index contributed by atoms with van der Waals surface area (Å²) in [4.78, 5) is 4.16. The van der Waals surface area contributed by atoms with Crippen molar-refractivity contribution in [2.75, 3.05) is 17.6 Å². The lowest BCUT2D eigenvalue weighted by Crippen LogP contribution is -2.41. The number of aromatic nitrogens is 1. The lowest BCUT2D eigenvalue weighted by molar-refractivity contribution is 0.227. The zero-order chi connectivity index (χ0) is 15.2. The van der Waals surface area contributed by atoms with Gasteiger partial charge in [-0.15, -0.1) is 0 Å². The van der Waals surface area contributed by atoms with Gasteiger partial charge in [0.15, 0.2) is 0 Å². The van der Waals surface area contributed by atoms with Gasteiger partial charge in [-0.2, -0.15) is 0 Å². The van der Waals surface area contributed by atoms with Gasteiger partial charge in [0.2, 0.25) is 10.0 Å². The molecule has 1 heterocycles. The molecule has 21 heavy (non-hydrogen) atoms. The smallest absolute Gasteiger partial charge is 0.211 e. The first-order valence-corrected chi connectivity index (χ1v) is 10.3. The van der Waals surface area contributed by atoms with Gasteiger partial charge in [0, 0.05) is 30.2 Å². The summed E-state index contributed by atoms with van der Waals surface area (Å²) in [6, 6.07) is 5.57. The molecule has 1 aliphatic rings. The van der Waals surface area contributed by atoms with Crippen molar-refractivity contribution in [3.05, 3.63) is 30.1 Å². The van der Waals surface area contributed by atoms with Gasteiger partial charge in [0.25, 0.3) is 0 Å². The fraction of sp³-hybridized carbons (Fsp3) is 0.667. The highest BCUT2D eigenvalue weighted by molar-refractivity contribution is 9.09. The Balaban J connectivity index is 1.85. The van der Waals surface area contributed by atoms with Crippen LogP contribution in [0.15, 0.2) is 24.4 Å². The number of hydrogen-bond donors (Lipinski definition) is 1. The Morgan fingerprint density at radius 1 is 1.24 bits per heavy atom. The fourth-order valence-electron chi connectivity index (χ4n) is 2.78. The van der Waals surface area contributed by atoms with E-state index in [9.17, 15) is 8.42 Å². The fourth-order valence-corrected chi connectivity index (χ4v) is 4.69. The van der Waals surface area contributed by atoms with Crippen molar-refractivity contribution in [2.24, 2.45) is 5.41 Å². The van der Waals surface area contributed by atoms with Crippen molar-refractivity contribution < 1.29 is 8.42 Å². The molecule has 0 amide bonds. The average Bonchev–Trinajstić information content (AvgIpc) is 2.53. The van der Waals surface area contributed by atoms with E-state index in [2.05, 4.69) is 25.6 Å². The number of hydrogen-bond acceptors (Lipinski definition) is 3. The van der Waals surface area contributed by atoms with Crippen LogP contribution in [0.3, 0.4) is 0 Å². The van der Waals surface area contributed by atoms with Crippen LogP contribution in [-0.4, -0.2) is 31.0 Å². The second kappa shape index (κ2) is 7.70. The van der Waals surface area contributed by atoms with Gasteiger partial charge in [-0.3, -0.25) is 4.98 Å². The van der Waals surface area contributed by atoms with Crippen molar-refractivity contribution in [2.45, 2.75) is 38.5 Å². The molecule has 0 bridgehead atoms. The van der Waals surface area contributed by atoms with E-state index in [-0.39, 0.29) is 11.2 Å². The minimum Gasteiger partial charge on any atom is -0.261 e. The third-order valence-electron chi connectivity index (χ3n) is 4.22. The molecule has 1 saturated carbocycles. The van der Waals surface area contributed by atoms with Crippen LogP contribution in [-0.2, 0) is 16.4 Å². The molecule has 0 spiro atoms. The molecule has 0 aliphatic heterocycles. The second-order valence-corrected chi connectivity index (χ2v) is 8.39. The second-order valence-electron chi connectivity index (χ2n) is 5.91. The Hall–Kier alpha value is -0.460. The van der Waals surface area contributed by atoms with Gasteiger partial charge in [0.05, 0.1) is 5.75 Å². The predicted octanol–water partition coefficient (Wildman–Crippen LogP) is 2.89. The van der Waals surface area contributed by atoms with Crippen molar-refractivity contribution in [1.82, 2.24) is 9.71 Å². The predicted molar refractivity (Wildman–Crippen MR) is 89.0 cm³/mol. The van der Waals surface area contributed by atoms with E-state index in [1.807, 2.05) is 18.2 Å². The number of nitrogens with zero attached hydrogens (tertiary/aromatic N) is 1. The third-order valence-corrected chi connectivity index (χ3v) is 6.73. The molecular weight excluding hydrogens is 352 g/mol. The number of alkyl halides is 1. The highest BCUT2D eigenvalue weighted by Gasteiger charge is 2.32. The largest absolute Gasteiger partial charge is 0.261 e. The van der Waals surface area contributed by atoms with E-state index in [1.54, 1.807) is 6.20 Å². The van der Waals surface area contributed by atoms with Crippen LogP contribution in [0.4, 0.5) is 0 Å². The van der Waals surface area contributed by atoms with E-state index in [0.29, 0.717) is 13.0 Å². The molecule has 1 aromatic rings. The monoisotopic (exact) mass is 374 g/mol. The number of pyridine rings is 1. The minimum atomic E-state index is -3.24. The molecule has 0 aromatic carbocycles. The van der Waals surface area contributed by atoms with Crippen LogP contribution in [0.5, 0.6) is 0 Å².